The molecule has 0 aliphatic heterocycles. The molecule has 0 saturated carbocycles. The number of aryl methyl sites for hydroxylation is 1. The number of imidazole rings is 1. The molecule has 0 aliphatic rings. The summed E-state index contributed by atoms with van der Waals surface area (Å²) >= 11 is 12.1. The topological polar surface area (TPSA) is 30.3 Å². The largest absolute Gasteiger partial charge is 0.484 e. The van der Waals surface area contributed by atoms with Crippen molar-refractivity contribution in [1.82, 2.24) is 14.5 Å². The summed E-state index contributed by atoms with van der Waals surface area (Å²) in [5.74, 6) is 1.50. The van der Waals surface area contributed by atoms with Crippen LogP contribution in [-0.2, 0) is 13.2 Å². The zero-order chi connectivity index (χ0) is 17.8. The summed E-state index contributed by atoms with van der Waals surface area (Å²) in [6, 6.07) is 13.4. The van der Waals surface area contributed by atoms with E-state index in [1.54, 1.807) is 18.2 Å². The Morgan fingerprint density at radius 1 is 1.12 bits per heavy atom. The third-order valence-corrected chi connectivity index (χ3v) is 4.50. The van der Waals surface area contributed by atoms with Crippen LogP contribution in [0.5, 0.6) is 5.75 Å². The number of halogens is 2. The lowest BCUT2D eigenvalue weighted by Crippen LogP contribution is -2.16. The number of aromatic nitrogens is 2. The molecule has 132 valence electrons. The molecule has 0 amide bonds. The van der Waals surface area contributed by atoms with Crippen LogP contribution in [0.3, 0.4) is 0 Å². The Morgan fingerprint density at radius 2 is 1.92 bits per heavy atom. The van der Waals surface area contributed by atoms with Crippen LogP contribution < -0.4 is 4.74 Å². The van der Waals surface area contributed by atoms with Crippen LogP contribution in [0.2, 0.25) is 10.0 Å². The SMILES string of the molecule is CN(C)CCCn1c(COc2ccc(Cl)cc2Cl)nc2ccccc21. The van der Waals surface area contributed by atoms with Crippen molar-refractivity contribution in [3.63, 3.8) is 0 Å². The van der Waals surface area contributed by atoms with Gasteiger partial charge in [-0.3, -0.25) is 0 Å². The third kappa shape index (κ3) is 4.46. The monoisotopic (exact) mass is 377 g/mol. The highest BCUT2D eigenvalue weighted by Gasteiger charge is 2.12. The Balaban J connectivity index is 1.81. The van der Waals surface area contributed by atoms with Crippen molar-refractivity contribution in [2.45, 2.75) is 19.6 Å². The van der Waals surface area contributed by atoms with Gasteiger partial charge >= 0.3 is 0 Å². The Kier molecular flexibility index (Phi) is 5.84. The molecule has 0 fully saturated rings. The van der Waals surface area contributed by atoms with Crippen LogP contribution in [0.25, 0.3) is 11.0 Å². The van der Waals surface area contributed by atoms with E-state index in [2.05, 4.69) is 29.6 Å². The number of ether oxygens (including phenoxy) is 1. The predicted octanol–water partition coefficient (Wildman–Crippen LogP) is 4.87. The van der Waals surface area contributed by atoms with E-state index in [0.29, 0.717) is 22.4 Å². The van der Waals surface area contributed by atoms with Crippen molar-refractivity contribution in [2.75, 3.05) is 20.6 Å². The molecule has 1 heterocycles. The average molecular weight is 378 g/mol. The molecule has 0 radical (unpaired) electrons. The van der Waals surface area contributed by atoms with Gasteiger partial charge < -0.3 is 14.2 Å². The van der Waals surface area contributed by atoms with Crippen LogP contribution >= 0.6 is 23.2 Å². The Labute approximate surface area is 157 Å². The Hall–Kier alpha value is -1.75. The summed E-state index contributed by atoms with van der Waals surface area (Å²) < 4.78 is 8.12. The molecular weight excluding hydrogens is 357 g/mol. The van der Waals surface area contributed by atoms with E-state index < -0.39 is 0 Å². The average Bonchev–Trinajstić information content (AvgIpc) is 2.92. The number of nitrogens with zero attached hydrogens (tertiary/aromatic N) is 3. The number of benzene rings is 2. The van der Waals surface area contributed by atoms with Gasteiger partial charge in [0.1, 0.15) is 18.2 Å². The standard InChI is InChI=1S/C19H21Cl2N3O/c1-23(2)10-5-11-24-17-7-4-3-6-16(17)22-19(24)13-25-18-9-8-14(20)12-15(18)21/h3-4,6-9,12H,5,10-11,13H2,1-2H3. The fraction of sp³-hybridized carbons (Fsp3) is 0.316. The molecule has 3 rings (SSSR count). The van der Waals surface area contributed by atoms with Gasteiger partial charge in [0, 0.05) is 11.6 Å². The lowest BCUT2D eigenvalue weighted by molar-refractivity contribution is 0.288. The lowest BCUT2D eigenvalue weighted by atomic mass is 10.3. The molecule has 0 spiro atoms. The van der Waals surface area contributed by atoms with E-state index in [-0.39, 0.29) is 0 Å². The first-order chi connectivity index (χ1) is 12.0. The van der Waals surface area contributed by atoms with Gasteiger partial charge in [-0.1, -0.05) is 35.3 Å². The summed E-state index contributed by atoms with van der Waals surface area (Å²) in [6.07, 6.45) is 1.04. The van der Waals surface area contributed by atoms with Gasteiger partial charge in [0.05, 0.1) is 16.1 Å². The van der Waals surface area contributed by atoms with Crippen molar-refractivity contribution in [3.8, 4) is 5.75 Å². The van der Waals surface area contributed by atoms with Crippen LogP contribution in [-0.4, -0.2) is 35.1 Å². The second-order valence-electron chi connectivity index (χ2n) is 6.19. The highest BCUT2D eigenvalue weighted by Crippen LogP contribution is 2.28. The smallest absolute Gasteiger partial charge is 0.148 e. The Morgan fingerprint density at radius 3 is 2.68 bits per heavy atom. The molecule has 0 bridgehead atoms. The van der Waals surface area contributed by atoms with Crippen LogP contribution in [0.15, 0.2) is 42.5 Å². The second kappa shape index (κ2) is 8.09. The normalized spacial score (nSPS) is 11.4. The summed E-state index contributed by atoms with van der Waals surface area (Å²) in [5, 5.41) is 1.09. The van der Waals surface area contributed by atoms with Crippen LogP contribution in [0, 0.1) is 0 Å². The van der Waals surface area contributed by atoms with E-state index in [1.807, 2.05) is 18.2 Å². The van der Waals surface area contributed by atoms with Crippen molar-refractivity contribution in [2.24, 2.45) is 0 Å². The summed E-state index contributed by atoms with van der Waals surface area (Å²) in [5.41, 5.74) is 2.11. The summed E-state index contributed by atoms with van der Waals surface area (Å²) in [7, 11) is 4.16. The van der Waals surface area contributed by atoms with Crippen molar-refractivity contribution in [1.29, 1.82) is 0 Å². The highest BCUT2D eigenvalue weighted by atomic mass is 35.5. The maximum atomic E-state index is 6.19. The molecule has 0 saturated heterocycles. The minimum Gasteiger partial charge on any atom is -0.484 e. The summed E-state index contributed by atoms with van der Waals surface area (Å²) in [4.78, 5) is 6.91. The molecule has 0 atom stereocenters. The first-order valence-electron chi connectivity index (χ1n) is 8.21. The van der Waals surface area contributed by atoms with Crippen molar-refractivity contribution < 1.29 is 4.74 Å². The molecule has 1 aromatic heterocycles. The maximum absolute atomic E-state index is 6.19. The van der Waals surface area contributed by atoms with Gasteiger partial charge in [-0.25, -0.2) is 4.98 Å². The molecule has 25 heavy (non-hydrogen) atoms. The minimum absolute atomic E-state index is 0.359. The van der Waals surface area contributed by atoms with Crippen molar-refractivity contribution >= 4 is 34.2 Å². The predicted molar refractivity (Wildman–Crippen MR) is 104 cm³/mol. The summed E-state index contributed by atoms with van der Waals surface area (Å²) in [6.45, 7) is 2.28. The first kappa shape index (κ1) is 18.1. The molecule has 0 unspecified atom stereocenters. The van der Waals surface area contributed by atoms with Gasteiger partial charge in [0.15, 0.2) is 0 Å². The van der Waals surface area contributed by atoms with Gasteiger partial charge in [-0.05, 0) is 57.4 Å². The molecule has 0 N–H and O–H groups in total. The van der Waals surface area contributed by atoms with Gasteiger partial charge in [0.2, 0.25) is 0 Å². The van der Waals surface area contributed by atoms with Crippen LogP contribution in [0.4, 0.5) is 0 Å². The Bertz CT molecular complexity index is 861. The van der Waals surface area contributed by atoms with E-state index in [4.69, 9.17) is 32.9 Å². The van der Waals surface area contributed by atoms with E-state index in [9.17, 15) is 0 Å². The van der Waals surface area contributed by atoms with Crippen LogP contribution in [0.1, 0.15) is 12.2 Å². The quantitative estimate of drug-likeness (QED) is 0.587. The lowest BCUT2D eigenvalue weighted by Gasteiger charge is -2.13. The van der Waals surface area contributed by atoms with Gasteiger partial charge in [0.25, 0.3) is 0 Å². The van der Waals surface area contributed by atoms with E-state index >= 15 is 0 Å². The van der Waals surface area contributed by atoms with Gasteiger partial charge in [-0.15, -0.1) is 0 Å². The van der Waals surface area contributed by atoms with Crippen molar-refractivity contribution in [3.05, 3.63) is 58.3 Å². The van der Waals surface area contributed by atoms with E-state index in [0.717, 1.165) is 36.4 Å². The fourth-order valence-corrected chi connectivity index (χ4v) is 3.23. The molecule has 3 aromatic rings. The second-order valence-corrected chi connectivity index (χ2v) is 7.03. The molecule has 4 nitrogen and oxygen atoms in total. The zero-order valence-electron chi connectivity index (χ0n) is 14.4. The number of fused-ring (bicyclic) bond motifs is 1. The van der Waals surface area contributed by atoms with Gasteiger partial charge in [-0.2, -0.15) is 0 Å². The van der Waals surface area contributed by atoms with E-state index in [1.165, 1.54) is 0 Å². The number of hydrogen-bond donors (Lipinski definition) is 0. The molecule has 0 aliphatic carbocycles. The maximum Gasteiger partial charge on any atom is 0.148 e. The third-order valence-electron chi connectivity index (χ3n) is 3.97. The minimum atomic E-state index is 0.359. The molecule has 2 aromatic carbocycles. The number of rotatable bonds is 7. The molecular formula is C19H21Cl2N3O. The zero-order valence-corrected chi connectivity index (χ0v) is 15.9. The number of hydrogen-bond acceptors (Lipinski definition) is 3. The fourth-order valence-electron chi connectivity index (χ4n) is 2.76. The highest BCUT2D eigenvalue weighted by molar-refractivity contribution is 6.35. The first-order valence-corrected chi connectivity index (χ1v) is 8.97. The molecule has 6 heteroatoms. The number of para-hydroxylation sites is 2.